The second-order valence-electron chi connectivity index (χ2n) is 2.78. The van der Waals surface area contributed by atoms with Crippen LogP contribution in [0.2, 0.25) is 0 Å². The summed E-state index contributed by atoms with van der Waals surface area (Å²) in [7, 11) is 0. The fourth-order valence-electron chi connectivity index (χ4n) is 0.983. The minimum absolute atomic E-state index is 0.534. The van der Waals surface area contributed by atoms with Gasteiger partial charge in [0.2, 0.25) is 5.95 Å². The summed E-state index contributed by atoms with van der Waals surface area (Å²) >= 11 is 0. The van der Waals surface area contributed by atoms with Crippen LogP contribution in [0.4, 0.5) is 5.95 Å². The summed E-state index contributed by atoms with van der Waals surface area (Å²) in [6, 6.07) is 0. The van der Waals surface area contributed by atoms with E-state index >= 15 is 0 Å². The van der Waals surface area contributed by atoms with E-state index in [4.69, 9.17) is 5.73 Å². The first-order chi connectivity index (χ1) is 4.86. The van der Waals surface area contributed by atoms with Crippen LogP contribution in [0.1, 0.15) is 12.8 Å². The van der Waals surface area contributed by atoms with Crippen molar-refractivity contribution in [2.45, 2.75) is 19.4 Å². The van der Waals surface area contributed by atoms with Crippen molar-refractivity contribution in [2.75, 3.05) is 5.73 Å². The van der Waals surface area contributed by atoms with Gasteiger partial charge in [-0.2, -0.15) is 0 Å². The Kier molecular flexibility index (Phi) is 1.12. The van der Waals surface area contributed by atoms with Gasteiger partial charge in [0.15, 0.2) is 0 Å². The summed E-state index contributed by atoms with van der Waals surface area (Å²) in [5.74, 6) is 1.37. The molecule has 0 unspecified atom stereocenters. The van der Waals surface area contributed by atoms with E-state index in [2.05, 4.69) is 10.2 Å². The Hall–Kier alpha value is -1.06. The maximum atomic E-state index is 5.51. The van der Waals surface area contributed by atoms with E-state index in [1.54, 1.807) is 6.33 Å². The largest absolute Gasteiger partial charge is 0.368 e. The Balaban J connectivity index is 2.08. The number of aromatic nitrogens is 3. The lowest BCUT2D eigenvalue weighted by Gasteiger charge is -1.98. The van der Waals surface area contributed by atoms with Crippen LogP contribution in [-0.2, 0) is 6.54 Å². The van der Waals surface area contributed by atoms with Crippen molar-refractivity contribution in [3.63, 3.8) is 0 Å². The molecule has 1 aliphatic rings. The van der Waals surface area contributed by atoms with E-state index in [-0.39, 0.29) is 0 Å². The van der Waals surface area contributed by atoms with Crippen LogP contribution >= 0.6 is 0 Å². The number of rotatable bonds is 2. The summed E-state index contributed by atoms with van der Waals surface area (Å²) in [6.07, 6.45) is 4.35. The van der Waals surface area contributed by atoms with Gasteiger partial charge in [0.1, 0.15) is 6.33 Å². The van der Waals surface area contributed by atoms with Crippen LogP contribution in [0.3, 0.4) is 0 Å². The van der Waals surface area contributed by atoms with Gasteiger partial charge >= 0.3 is 0 Å². The zero-order chi connectivity index (χ0) is 6.97. The maximum absolute atomic E-state index is 5.51. The zero-order valence-corrected chi connectivity index (χ0v) is 5.70. The molecule has 0 saturated heterocycles. The monoisotopic (exact) mass is 138 g/mol. The summed E-state index contributed by atoms with van der Waals surface area (Å²) in [5, 5.41) is 7.38. The van der Waals surface area contributed by atoms with Gasteiger partial charge < -0.3 is 5.73 Å². The first kappa shape index (κ1) is 5.70. The predicted octanol–water partition coefficient (Wildman–Crippen LogP) is 0.270. The molecular weight excluding hydrogens is 128 g/mol. The molecule has 1 aromatic rings. The molecule has 1 aliphatic carbocycles. The van der Waals surface area contributed by atoms with Crippen molar-refractivity contribution in [3.05, 3.63) is 6.33 Å². The van der Waals surface area contributed by atoms with Crippen molar-refractivity contribution < 1.29 is 0 Å². The molecule has 10 heavy (non-hydrogen) atoms. The molecule has 1 heterocycles. The van der Waals surface area contributed by atoms with Crippen LogP contribution in [0.25, 0.3) is 0 Å². The Morgan fingerprint density at radius 1 is 1.70 bits per heavy atom. The smallest absolute Gasteiger partial charge is 0.221 e. The second-order valence-corrected chi connectivity index (χ2v) is 2.78. The molecule has 1 fully saturated rings. The van der Waals surface area contributed by atoms with Crippen LogP contribution in [0.15, 0.2) is 6.33 Å². The summed E-state index contributed by atoms with van der Waals surface area (Å²) in [5.41, 5.74) is 5.51. The Labute approximate surface area is 59.1 Å². The van der Waals surface area contributed by atoms with Gasteiger partial charge in [0.25, 0.3) is 0 Å². The van der Waals surface area contributed by atoms with E-state index in [9.17, 15) is 0 Å². The van der Waals surface area contributed by atoms with Crippen molar-refractivity contribution in [1.82, 2.24) is 14.8 Å². The molecule has 1 saturated carbocycles. The number of hydrogen-bond donors (Lipinski definition) is 1. The highest BCUT2D eigenvalue weighted by molar-refractivity contribution is 5.13. The van der Waals surface area contributed by atoms with Gasteiger partial charge in [-0.3, -0.25) is 4.57 Å². The van der Waals surface area contributed by atoms with E-state index in [0.717, 1.165) is 12.5 Å². The standard InChI is InChI=1S/C6H10N4/c7-6-9-8-4-10(6)3-5-1-2-5/h4-5H,1-3H2,(H2,7,9). The van der Waals surface area contributed by atoms with E-state index < -0.39 is 0 Å². The van der Waals surface area contributed by atoms with Gasteiger partial charge in [-0.1, -0.05) is 0 Å². The molecule has 4 heteroatoms. The molecule has 2 N–H and O–H groups in total. The number of nitrogens with two attached hydrogens (primary N) is 1. The molecule has 0 bridgehead atoms. The van der Waals surface area contributed by atoms with E-state index in [0.29, 0.717) is 5.95 Å². The number of anilines is 1. The molecule has 4 nitrogen and oxygen atoms in total. The highest BCUT2D eigenvalue weighted by Gasteiger charge is 2.22. The lowest BCUT2D eigenvalue weighted by molar-refractivity contribution is 0.632. The predicted molar refractivity (Wildman–Crippen MR) is 37.2 cm³/mol. The van der Waals surface area contributed by atoms with Gasteiger partial charge in [-0.25, -0.2) is 0 Å². The van der Waals surface area contributed by atoms with Gasteiger partial charge in [-0.15, -0.1) is 10.2 Å². The van der Waals surface area contributed by atoms with Crippen LogP contribution < -0.4 is 5.73 Å². The van der Waals surface area contributed by atoms with Gasteiger partial charge in [0, 0.05) is 6.54 Å². The Bertz CT molecular complexity index is 225. The highest BCUT2D eigenvalue weighted by atomic mass is 15.3. The second kappa shape index (κ2) is 1.97. The van der Waals surface area contributed by atoms with Crippen molar-refractivity contribution >= 4 is 5.95 Å². The third-order valence-corrected chi connectivity index (χ3v) is 1.80. The molecule has 2 rings (SSSR count). The first-order valence-electron chi connectivity index (χ1n) is 3.49. The topological polar surface area (TPSA) is 56.7 Å². The summed E-state index contributed by atoms with van der Waals surface area (Å²) in [4.78, 5) is 0. The number of hydrogen-bond acceptors (Lipinski definition) is 3. The molecule has 0 aliphatic heterocycles. The quantitative estimate of drug-likeness (QED) is 0.638. The lowest BCUT2D eigenvalue weighted by Crippen LogP contribution is -2.03. The molecule has 0 aromatic carbocycles. The van der Waals surface area contributed by atoms with E-state index in [1.807, 2.05) is 4.57 Å². The normalized spacial score (nSPS) is 17.6. The molecule has 0 spiro atoms. The molecule has 0 radical (unpaired) electrons. The average Bonchev–Trinajstić information content (AvgIpc) is 2.62. The molecule has 0 amide bonds. The van der Waals surface area contributed by atoms with Crippen LogP contribution in [-0.4, -0.2) is 14.8 Å². The average molecular weight is 138 g/mol. The van der Waals surface area contributed by atoms with Gasteiger partial charge in [0.05, 0.1) is 0 Å². The zero-order valence-electron chi connectivity index (χ0n) is 5.70. The Morgan fingerprint density at radius 3 is 3.00 bits per heavy atom. The van der Waals surface area contributed by atoms with Crippen LogP contribution in [0, 0.1) is 5.92 Å². The lowest BCUT2D eigenvalue weighted by atomic mass is 10.4. The number of nitrogen functional groups attached to an aromatic ring is 1. The van der Waals surface area contributed by atoms with Crippen molar-refractivity contribution in [1.29, 1.82) is 0 Å². The molecular formula is C6H10N4. The summed E-state index contributed by atoms with van der Waals surface area (Å²) < 4.78 is 1.90. The SMILES string of the molecule is Nc1nncn1CC1CC1. The third-order valence-electron chi connectivity index (χ3n) is 1.80. The summed E-state index contributed by atoms with van der Waals surface area (Å²) in [6.45, 7) is 0.999. The minimum Gasteiger partial charge on any atom is -0.368 e. The fourth-order valence-corrected chi connectivity index (χ4v) is 0.983. The maximum Gasteiger partial charge on any atom is 0.221 e. The van der Waals surface area contributed by atoms with Gasteiger partial charge in [-0.05, 0) is 18.8 Å². The highest BCUT2D eigenvalue weighted by Crippen LogP contribution is 2.30. The van der Waals surface area contributed by atoms with Crippen LogP contribution in [0.5, 0.6) is 0 Å². The molecule has 1 aromatic heterocycles. The fraction of sp³-hybridized carbons (Fsp3) is 0.667. The van der Waals surface area contributed by atoms with Crippen molar-refractivity contribution in [2.24, 2.45) is 5.92 Å². The van der Waals surface area contributed by atoms with E-state index in [1.165, 1.54) is 12.8 Å². The first-order valence-corrected chi connectivity index (χ1v) is 3.49. The molecule has 0 atom stereocenters. The molecule has 54 valence electrons. The Morgan fingerprint density at radius 2 is 2.50 bits per heavy atom. The minimum atomic E-state index is 0.534. The van der Waals surface area contributed by atoms with Crippen molar-refractivity contribution in [3.8, 4) is 0 Å². The third kappa shape index (κ3) is 0.964. The number of nitrogens with zero attached hydrogens (tertiary/aromatic N) is 3.